The Bertz CT molecular complexity index is 1100. The van der Waals surface area contributed by atoms with Gasteiger partial charge in [0, 0.05) is 29.1 Å². The van der Waals surface area contributed by atoms with Crippen molar-refractivity contribution in [1.82, 2.24) is 9.72 Å². The number of ether oxygens (including phenoxy) is 1. The van der Waals surface area contributed by atoms with E-state index in [1.165, 1.54) is 6.07 Å². The molecule has 3 aromatic rings. The average molecular weight is 377 g/mol. The van der Waals surface area contributed by atoms with E-state index in [1.807, 2.05) is 18.2 Å². The van der Waals surface area contributed by atoms with Gasteiger partial charge >= 0.3 is 6.09 Å². The normalized spacial score (nSPS) is 18.4. The Morgan fingerprint density at radius 1 is 1.11 bits per heavy atom. The monoisotopic (exact) mass is 377 g/mol. The fraction of sp³-hybridized carbons (Fsp3) is 0.286. The van der Waals surface area contributed by atoms with Crippen LogP contribution in [0.5, 0.6) is 0 Å². The number of amides is 1. The van der Waals surface area contributed by atoms with Crippen molar-refractivity contribution in [2.75, 3.05) is 11.4 Å². The van der Waals surface area contributed by atoms with Crippen LogP contribution in [0, 0.1) is 0 Å². The van der Waals surface area contributed by atoms with E-state index < -0.39 is 0 Å². The molecule has 2 aliphatic rings. The summed E-state index contributed by atoms with van der Waals surface area (Å²) in [6, 6.07) is 10.9. The maximum Gasteiger partial charge on any atom is 0.414 e. The minimum Gasteiger partial charge on any atom is -0.442 e. The van der Waals surface area contributed by atoms with E-state index >= 15 is 0 Å². The van der Waals surface area contributed by atoms with Gasteiger partial charge < -0.3 is 13.8 Å². The molecule has 142 valence electrons. The fourth-order valence-electron chi connectivity index (χ4n) is 3.96. The van der Waals surface area contributed by atoms with Gasteiger partial charge in [-0.15, -0.1) is 0 Å². The van der Waals surface area contributed by atoms with Crippen molar-refractivity contribution in [3.05, 3.63) is 70.3 Å². The van der Waals surface area contributed by atoms with Crippen LogP contribution in [-0.4, -0.2) is 28.5 Å². The third kappa shape index (κ3) is 2.89. The first-order valence-corrected chi connectivity index (χ1v) is 9.39. The molecular weight excluding hydrogens is 358 g/mol. The number of hydrogen-bond donors (Lipinski definition) is 0. The van der Waals surface area contributed by atoms with E-state index in [2.05, 4.69) is 5.16 Å². The zero-order valence-electron chi connectivity index (χ0n) is 15.2. The predicted molar refractivity (Wildman–Crippen MR) is 102 cm³/mol. The van der Waals surface area contributed by atoms with Gasteiger partial charge in [-0.25, -0.2) is 4.79 Å². The molecule has 0 N–H and O–H groups in total. The number of nitrogens with zero attached hydrogens (tertiary/aromatic N) is 3. The second kappa shape index (κ2) is 6.67. The summed E-state index contributed by atoms with van der Waals surface area (Å²) < 4.78 is 12.5. The highest BCUT2D eigenvalue weighted by Crippen LogP contribution is 2.35. The average Bonchev–Trinajstić information content (AvgIpc) is 3.26. The maximum atomic E-state index is 12.4. The minimum atomic E-state index is -0.386. The molecular formula is C21H19N3O4. The summed E-state index contributed by atoms with van der Waals surface area (Å²) in [7, 11) is 0. The summed E-state index contributed by atoms with van der Waals surface area (Å²) in [4.78, 5) is 26.0. The van der Waals surface area contributed by atoms with Crippen molar-refractivity contribution in [2.24, 2.45) is 0 Å². The number of hydrogen-bond acceptors (Lipinski definition) is 5. The number of carbonyl (C=O) groups is 1. The van der Waals surface area contributed by atoms with E-state index in [0.29, 0.717) is 13.1 Å². The molecule has 5 rings (SSSR count). The Balaban J connectivity index is 1.40. The van der Waals surface area contributed by atoms with Crippen LogP contribution < -0.4 is 10.5 Å². The first kappa shape index (κ1) is 16.8. The van der Waals surface area contributed by atoms with Crippen LogP contribution in [0.25, 0.3) is 11.3 Å². The van der Waals surface area contributed by atoms with Crippen molar-refractivity contribution in [3.8, 4) is 11.3 Å². The first-order chi connectivity index (χ1) is 13.7. The number of aromatic nitrogens is 2. The zero-order valence-corrected chi connectivity index (χ0v) is 15.2. The van der Waals surface area contributed by atoms with Gasteiger partial charge in [-0.05, 0) is 49.1 Å². The summed E-state index contributed by atoms with van der Waals surface area (Å²) in [5.74, 6) is 0.823. The first-order valence-electron chi connectivity index (χ1n) is 9.39. The Morgan fingerprint density at radius 3 is 2.89 bits per heavy atom. The van der Waals surface area contributed by atoms with Crippen molar-refractivity contribution >= 4 is 11.8 Å². The quantitative estimate of drug-likeness (QED) is 0.701. The molecule has 1 aliphatic carbocycles. The third-order valence-corrected chi connectivity index (χ3v) is 5.35. The molecule has 3 heterocycles. The summed E-state index contributed by atoms with van der Waals surface area (Å²) in [6.45, 7) is 0.751. The number of fused-ring (bicyclic) bond motifs is 3. The van der Waals surface area contributed by atoms with Crippen LogP contribution in [-0.2, 0) is 24.1 Å². The number of carbonyl (C=O) groups excluding carboxylic acids is 1. The molecule has 7 nitrogen and oxygen atoms in total. The third-order valence-electron chi connectivity index (χ3n) is 5.35. The lowest BCUT2D eigenvalue weighted by molar-refractivity contribution is 0.131. The molecule has 2 aromatic heterocycles. The van der Waals surface area contributed by atoms with E-state index in [4.69, 9.17) is 9.26 Å². The minimum absolute atomic E-state index is 0.107. The standard InChI is InChI=1S/C21H19N3O4/c25-19-6-1-2-9-23(19)12-17-13-24(21(26)27-17)16-7-8-18-14(10-16)4-3-5-15-11-22-28-20(15)18/h1-2,6-11,17H,3-5,12-13H2. The van der Waals surface area contributed by atoms with Gasteiger partial charge in [0.2, 0.25) is 0 Å². The fourth-order valence-corrected chi connectivity index (χ4v) is 3.96. The van der Waals surface area contributed by atoms with E-state index in [9.17, 15) is 9.59 Å². The maximum absolute atomic E-state index is 12.4. The Labute approximate surface area is 161 Å². The molecule has 1 unspecified atom stereocenters. The molecule has 28 heavy (non-hydrogen) atoms. The van der Waals surface area contributed by atoms with Gasteiger partial charge in [-0.3, -0.25) is 9.69 Å². The summed E-state index contributed by atoms with van der Waals surface area (Å²) in [5.41, 5.74) is 4.00. The lowest BCUT2D eigenvalue weighted by Gasteiger charge is -2.16. The number of pyridine rings is 1. The number of anilines is 1. The van der Waals surface area contributed by atoms with E-state index in [0.717, 1.165) is 47.4 Å². The van der Waals surface area contributed by atoms with E-state index in [1.54, 1.807) is 34.0 Å². The van der Waals surface area contributed by atoms with Gasteiger partial charge in [0.05, 0.1) is 19.3 Å². The number of cyclic esters (lactones) is 1. The SMILES string of the molecule is O=C1OC(Cn2ccccc2=O)CN1c1ccc2c(c1)CCCc1cnoc1-2. The van der Waals surface area contributed by atoms with Crippen LogP contribution in [0.3, 0.4) is 0 Å². The van der Waals surface area contributed by atoms with Crippen molar-refractivity contribution in [1.29, 1.82) is 0 Å². The highest BCUT2D eigenvalue weighted by molar-refractivity contribution is 5.90. The van der Waals surface area contributed by atoms with Crippen LogP contribution >= 0.6 is 0 Å². The highest BCUT2D eigenvalue weighted by Gasteiger charge is 2.33. The molecule has 0 bridgehead atoms. The van der Waals surface area contributed by atoms with Crippen LogP contribution in [0.2, 0.25) is 0 Å². The van der Waals surface area contributed by atoms with Gasteiger partial charge in [-0.1, -0.05) is 11.2 Å². The number of benzene rings is 1. The van der Waals surface area contributed by atoms with Crippen molar-refractivity contribution in [2.45, 2.75) is 31.9 Å². The molecule has 1 atom stereocenters. The topological polar surface area (TPSA) is 77.6 Å². The van der Waals surface area contributed by atoms with Gasteiger partial charge in [0.25, 0.3) is 5.56 Å². The van der Waals surface area contributed by atoms with E-state index in [-0.39, 0.29) is 17.8 Å². The Kier molecular flexibility index (Phi) is 4.00. The zero-order chi connectivity index (χ0) is 19.1. The van der Waals surface area contributed by atoms with Crippen LogP contribution in [0.15, 0.2) is 58.1 Å². The second-order valence-electron chi connectivity index (χ2n) is 7.18. The molecule has 1 aliphatic heterocycles. The lowest BCUT2D eigenvalue weighted by atomic mass is 10.0. The molecule has 0 saturated carbocycles. The number of aryl methyl sites for hydroxylation is 2. The molecule has 0 spiro atoms. The predicted octanol–water partition coefficient (Wildman–Crippen LogP) is 3.02. The summed E-state index contributed by atoms with van der Waals surface area (Å²) in [6.07, 6.45) is 5.59. The van der Waals surface area contributed by atoms with Crippen molar-refractivity contribution < 1.29 is 14.1 Å². The molecule has 1 saturated heterocycles. The molecule has 1 fully saturated rings. The lowest BCUT2D eigenvalue weighted by Crippen LogP contribution is -2.29. The van der Waals surface area contributed by atoms with Gasteiger partial charge in [-0.2, -0.15) is 0 Å². The highest BCUT2D eigenvalue weighted by atomic mass is 16.6. The molecule has 1 amide bonds. The van der Waals surface area contributed by atoms with Crippen LogP contribution in [0.4, 0.5) is 10.5 Å². The summed E-state index contributed by atoms with van der Waals surface area (Å²) >= 11 is 0. The molecule has 7 heteroatoms. The second-order valence-corrected chi connectivity index (χ2v) is 7.18. The van der Waals surface area contributed by atoms with Gasteiger partial charge in [0.1, 0.15) is 6.10 Å². The smallest absolute Gasteiger partial charge is 0.414 e. The van der Waals surface area contributed by atoms with Crippen molar-refractivity contribution in [3.63, 3.8) is 0 Å². The number of rotatable bonds is 3. The molecule has 0 radical (unpaired) electrons. The molecule has 1 aromatic carbocycles. The van der Waals surface area contributed by atoms with Gasteiger partial charge in [0.15, 0.2) is 5.76 Å². The van der Waals surface area contributed by atoms with Crippen LogP contribution in [0.1, 0.15) is 17.5 Å². The summed E-state index contributed by atoms with van der Waals surface area (Å²) in [5, 5.41) is 3.93. The largest absolute Gasteiger partial charge is 0.442 e. The Hall–Kier alpha value is -3.35. The Morgan fingerprint density at radius 2 is 2.00 bits per heavy atom.